The lowest BCUT2D eigenvalue weighted by molar-refractivity contribution is -0.131. The van der Waals surface area contributed by atoms with Crippen LogP contribution in [0.25, 0.3) is 11.1 Å². The van der Waals surface area contributed by atoms with Crippen LogP contribution in [0.15, 0.2) is 29.6 Å². The fourth-order valence-electron chi connectivity index (χ4n) is 3.78. The van der Waals surface area contributed by atoms with E-state index in [0.717, 1.165) is 29.3 Å². The molecule has 1 saturated carbocycles. The van der Waals surface area contributed by atoms with Crippen LogP contribution in [0, 0.1) is 5.82 Å². The average molecular weight is 388 g/mol. The minimum atomic E-state index is -1.33. The molecule has 0 atom stereocenters. The van der Waals surface area contributed by atoms with Crippen molar-refractivity contribution in [2.24, 2.45) is 0 Å². The number of urea groups is 1. The molecular formula is C19H17FN2O4S. The SMILES string of the molecule is O=C(O)c1cc(-c2csc(CN3C(=O)NC4(CCCC4)C3=O)c2)ccc1F. The Hall–Kier alpha value is -2.74. The lowest BCUT2D eigenvalue weighted by atomic mass is 9.98. The number of benzene rings is 1. The molecule has 2 aliphatic rings. The molecule has 1 aromatic heterocycles. The molecule has 1 aromatic carbocycles. The summed E-state index contributed by atoms with van der Waals surface area (Å²) < 4.78 is 13.6. The van der Waals surface area contributed by atoms with Gasteiger partial charge in [0.15, 0.2) is 0 Å². The normalized spacial score (nSPS) is 18.3. The summed E-state index contributed by atoms with van der Waals surface area (Å²) >= 11 is 1.37. The van der Waals surface area contributed by atoms with Crippen molar-refractivity contribution in [1.29, 1.82) is 0 Å². The molecule has 1 saturated heterocycles. The third kappa shape index (κ3) is 2.99. The number of nitrogens with zero attached hydrogens (tertiary/aromatic N) is 1. The molecule has 2 N–H and O–H groups in total. The number of rotatable bonds is 4. The topological polar surface area (TPSA) is 86.7 Å². The fraction of sp³-hybridized carbons (Fsp3) is 0.316. The smallest absolute Gasteiger partial charge is 0.338 e. The van der Waals surface area contributed by atoms with Crippen LogP contribution in [0.1, 0.15) is 40.9 Å². The van der Waals surface area contributed by atoms with Crippen molar-refractivity contribution < 1.29 is 23.9 Å². The van der Waals surface area contributed by atoms with Crippen LogP contribution in [0.4, 0.5) is 9.18 Å². The number of carboxylic acid groups (broad SMARTS) is 1. The first kappa shape index (κ1) is 17.7. The number of imide groups is 1. The Balaban J connectivity index is 1.55. The van der Waals surface area contributed by atoms with Gasteiger partial charge in [-0.25, -0.2) is 14.0 Å². The molecule has 8 heteroatoms. The zero-order valence-corrected chi connectivity index (χ0v) is 15.1. The molecule has 0 unspecified atom stereocenters. The van der Waals surface area contributed by atoms with Gasteiger partial charge in [-0.05, 0) is 47.5 Å². The molecule has 27 heavy (non-hydrogen) atoms. The molecule has 140 valence electrons. The molecule has 0 radical (unpaired) electrons. The summed E-state index contributed by atoms with van der Waals surface area (Å²) in [7, 11) is 0. The van der Waals surface area contributed by atoms with E-state index >= 15 is 0 Å². The maximum Gasteiger partial charge on any atom is 0.338 e. The van der Waals surface area contributed by atoms with Gasteiger partial charge >= 0.3 is 12.0 Å². The number of carbonyl (C=O) groups is 3. The third-order valence-corrected chi connectivity index (χ3v) is 6.12. The van der Waals surface area contributed by atoms with Gasteiger partial charge in [0.25, 0.3) is 5.91 Å². The van der Waals surface area contributed by atoms with Crippen LogP contribution in [0.2, 0.25) is 0 Å². The second-order valence-corrected chi connectivity index (χ2v) is 7.91. The predicted octanol–water partition coefficient (Wildman–Crippen LogP) is 3.62. The summed E-state index contributed by atoms with van der Waals surface area (Å²) in [5, 5.41) is 13.7. The van der Waals surface area contributed by atoms with Crippen LogP contribution in [0.3, 0.4) is 0 Å². The summed E-state index contributed by atoms with van der Waals surface area (Å²) in [4.78, 5) is 38.1. The molecule has 3 amide bonds. The highest BCUT2D eigenvalue weighted by atomic mass is 32.1. The Morgan fingerprint density at radius 1 is 1.22 bits per heavy atom. The van der Waals surface area contributed by atoms with E-state index in [1.807, 2.05) is 0 Å². The molecule has 2 aromatic rings. The molecule has 1 aliphatic carbocycles. The van der Waals surface area contributed by atoms with E-state index in [4.69, 9.17) is 5.11 Å². The van der Waals surface area contributed by atoms with Gasteiger partial charge in [0.2, 0.25) is 0 Å². The van der Waals surface area contributed by atoms with Gasteiger partial charge in [-0.1, -0.05) is 18.9 Å². The molecule has 2 fully saturated rings. The van der Waals surface area contributed by atoms with Crippen molar-refractivity contribution >= 4 is 29.2 Å². The molecule has 1 spiro atoms. The zero-order chi connectivity index (χ0) is 19.2. The molecule has 2 heterocycles. The Labute approximate surface area is 158 Å². The van der Waals surface area contributed by atoms with Crippen molar-refractivity contribution in [1.82, 2.24) is 10.2 Å². The zero-order valence-electron chi connectivity index (χ0n) is 14.3. The molecular weight excluding hydrogens is 371 g/mol. The van der Waals surface area contributed by atoms with Gasteiger partial charge in [0.1, 0.15) is 11.4 Å². The second-order valence-electron chi connectivity index (χ2n) is 6.91. The monoisotopic (exact) mass is 388 g/mol. The first-order chi connectivity index (χ1) is 12.9. The molecule has 0 bridgehead atoms. The molecule has 6 nitrogen and oxygen atoms in total. The summed E-state index contributed by atoms with van der Waals surface area (Å²) in [6, 6.07) is 5.34. The minimum absolute atomic E-state index is 0.171. The first-order valence-corrected chi connectivity index (χ1v) is 9.52. The highest BCUT2D eigenvalue weighted by Gasteiger charge is 2.52. The highest BCUT2D eigenvalue weighted by Crippen LogP contribution is 2.36. The van der Waals surface area contributed by atoms with Gasteiger partial charge in [-0.3, -0.25) is 9.69 Å². The first-order valence-electron chi connectivity index (χ1n) is 8.64. The standard InChI is InChI=1S/C19H17FN2O4S/c20-15-4-3-11(8-14(15)16(23)24)12-7-13(27-10-12)9-22-17(25)19(21-18(22)26)5-1-2-6-19/h3-4,7-8,10H,1-2,5-6,9H2,(H,21,26)(H,23,24). The van der Waals surface area contributed by atoms with Crippen LogP contribution < -0.4 is 5.32 Å². The van der Waals surface area contributed by atoms with Crippen molar-refractivity contribution in [2.45, 2.75) is 37.8 Å². The minimum Gasteiger partial charge on any atom is -0.478 e. The number of nitrogens with one attached hydrogen (secondary N) is 1. The van der Waals surface area contributed by atoms with E-state index < -0.39 is 22.9 Å². The highest BCUT2D eigenvalue weighted by molar-refractivity contribution is 7.10. The lowest BCUT2D eigenvalue weighted by Gasteiger charge is -2.19. The van der Waals surface area contributed by atoms with Gasteiger partial charge in [0, 0.05) is 4.88 Å². The summed E-state index contributed by atoms with van der Waals surface area (Å²) in [5.74, 6) is -2.29. The number of thiophene rings is 1. The van der Waals surface area contributed by atoms with Crippen LogP contribution in [0.5, 0.6) is 0 Å². The van der Waals surface area contributed by atoms with Gasteiger partial charge in [-0.15, -0.1) is 11.3 Å². The summed E-state index contributed by atoms with van der Waals surface area (Å²) in [5.41, 5.74) is 0.170. The van der Waals surface area contributed by atoms with E-state index in [9.17, 15) is 18.8 Å². The van der Waals surface area contributed by atoms with E-state index in [2.05, 4.69) is 5.32 Å². The van der Waals surface area contributed by atoms with Crippen molar-refractivity contribution in [2.75, 3.05) is 0 Å². The Morgan fingerprint density at radius 2 is 1.96 bits per heavy atom. The number of hydrogen-bond donors (Lipinski definition) is 2. The average Bonchev–Trinajstić information content (AvgIpc) is 3.33. The molecule has 1 aliphatic heterocycles. The Bertz CT molecular complexity index is 949. The second kappa shape index (κ2) is 6.45. The lowest BCUT2D eigenvalue weighted by Crippen LogP contribution is -2.44. The number of carboxylic acids is 1. The van der Waals surface area contributed by atoms with Crippen molar-refractivity contribution in [3.05, 3.63) is 45.9 Å². The van der Waals surface area contributed by atoms with E-state index in [-0.39, 0.29) is 18.5 Å². The Kier molecular flexibility index (Phi) is 4.22. The van der Waals surface area contributed by atoms with Crippen molar-refractivity contribution in [3.8, 4) is 11.1 Å². The van der Waals surface area contributed by atoms with Crippen LogP contribution in [-0.2, 0) is 11.3 Å². The van der Waals surface area contributed by atoms with E-state index in [1.54, 1.807) is 11.4 Å². The molecule has 4 rings (SSSR count). The third-order valence-electron chi connectivity index (χ3n) is 5.20. The van der Waals surface area contributed by atoms with Gasteiger partial charge < -0.3 is 10.4 Å². The quantitative estimate of drug-likeness (QED) is 0.784. The largest absolute Gasteiger partial charge is 0.478 e. The maximum atomic E-state index is 13.6. The van der Waals surface area contributed by atoms with Gasteiger partial charge in [0.05, 0.1) is 12.1 Å². The van der Waals surface area contributed by atoms with Gasteiger partial charge in [-0.2, -0.15) is 0 Å². The Morgan fingerprint density at radius 3 is 2.67 bits per heavy atom. The maximum absolute atomic E-state index is 13.6. The number of halogens is 1. The summed E-state index contributed by atoms with van der Waals surface area (Å²) in [6.07, 6.45) is 3.22. The number of amides is 3. The van der Waals surface area contributed by atoms with E-state index in [1.165, 1.54) is 28.4 Å². The fourth-order valence-corrected chi connectivity index (χ4v) is 4.66. The van der Waals surface area contributed by atoms with Crippen LogP contribution in [-0.4, -0.2) is 33.5 Å². The number of aromatic carboxylic acids is 1. The number of hydrogen-bond acceptors (Lipinski definition) is 4. The van der Waals surface area contributed by atoms with Crippen molar-refractivity contribution in [3.63, 3.8) is 0 Å². The summed E-state index contributed by atoms with van der Waals surface area (Å²) in [6.45, 7) is 0.171. The number of carbonyl (C=O) groups excluding carboxylic acids is 2. The van der Waals surface area contributed by atoms with E-state index in [0.29, 0.717) is 18.4 Å². The predicted molar refractivity (Wildman–Crippen MR) is 97.0 cm³/mol. The van der Waals surface area contributed by atoms with Crippen LogP contribution >= 0.6 is 11.3 Å².